The molecule has 37 heavy (non-hydrogen) atoms. The number of para-hydroxylation sites is 1. The Hall–Kier alpha value is -4.22. The van der Waals surface area contributed by atoms with Crippen molar-refractivity contribution in [1.29, 1.82) is 0 Å². The molecule has 11 heteroatoms. The van der Waals surface area contributed by atoms with Crippen molar-refractivity contribution in [2.75, 3.05) is 33.4 Å². The molecule has 9 nitrogen and oxygen atoms in total. The van der Waals surface area contributed by atoms with Crippen LogP contribution in [0.5, 0.6) is 23.0 Å². The van der Waals surface area contributed by atoms with Crippen LogP contribution in [0.4, 0.5) is 5.13 Å². The fraction of sp³-hybridized carbons (Fsp3) is 0.154. The largest absolute Gasteiger partial charge is 0.497 e. The quantitative estimate of drug-likeness (QED) is 0.188. The molecule has 0 radical (unpaired) electrons. The van der Waals surface area contributed by atoms with E-state index in [1.54, 1.807) is 25.5 Å². The summed E-state index contributed by atoms with van der Waals surface area (Å²) in [5, 5.41) is 6.51. The Morgan fingerprint density at radius 1 is 0.838 bits per heavy atom. The number of rotatable bonds is 8. The monoisotopic (exact) mass is 534 g/mol. The first-order chi connectivity index (χ1) is 18.0. The molecule has 188 valence electrons. The standard InChI is InChI=1S/C26H22N4O5S2/c1-32-16-9-10-18-22(13-16)37-26(29-18)30(25(31)24-28-17-7-5-6-8-21(17)36-24)27-14-15-11-19(33-2)23(35-4)20(12-15)34-3/h5-14H,1-4H3/b27-14+. The maximum absolute atomic E-state index is 13.7. The van der Waals surface area contributed by atoms with E-state index in [2.05, 4.69) is 15.1 Å². The van der Waals surface area contributed by atoms with Crippen molar-refractivity contribution >= 4 is 60.4 Å². The van der Waals surface area contributed by atoms with Crippen LogP contribution < -0.4 is 24.0 Å². The van der Waals surface area contributed by atoms with E-state index in [-0.39, 0.29) is 0 Å². The van der Waals surface area contributed by atoms with E-state index in [1.807, 2.05) is 42.5 Å². The Morgan fingerprint density at radius 2 is 1.57 bits per heavy atom. The van der Waals surface area contributed by atoms with Crippen molar-refractivity contribution in [3.8, 4) is 23.0 Å². The number of carbonyl (C=O) groups excluding carboxylic acids is 1. The highest BCUT2D eigenvalue weighted by atomic mass is 32.1. The van der Waals surface area contributed by atoms with Gasteiger partial charge in [0.1, 0.15) is 5.75 Å². The first kappa shape index (κ1) is 24.5. The van der Waals surface area contributed by atoms with E-state index in [0.29, 0.717) is 38.7 Å². The van der Waals surface area contributed by atoms with Gasteiger partial charge in [-0.05, 0) is 42.5 Å². The van der Waals surface area contributed by atoms with Crippen molar-refractivity contribution < 1.29 is 23.7 Å². The van der Waals surface area contributed by atoms with Crippen molar-refractivity contribution in [2.45, 2.75) is 0 Å². The molecule has 0 aliphatic rings. The molecular formula is C26H22N4O5S2. The zero-order valence-corrected chi connectivity index (χ0v) is 22.1. The van der Waals surface area contributed by atoms with Crippen LogP contribution in [0.2, 0.25) is 0 Å². The van der Waals surface area contributed by atoms with Crippen LogP contribution >= 0.6 is 22.7 Å². The number of anilines is 1. The van der Waals surface area contributed by atoms with E-state index in [1.165, 1.54) is 49.0 Å². The molecule has 0 spiro atoms. The normalized spacial score (nSPS) is 11.2. The lowest BCUT2D eigenvalue weighted by Crippen LogP contribution is -2.25. The molecule has 1 amide bonds. The number of methoxy groups -OCH3 is 4. The minimum absolute atomic E-state index is 0.306. The molecular weight excluding hydrogens is 512 g/mol. The highest BCUT2D eigenvalue weighted by molar-refractivity contribution is 7.23. The minimum Gasteiger partial charge on any atom is -0.497 e. The van der Waals surface area contributed by atoms with Gasteiger partial charge in [-0.3, -0.25) is 4.79 Å². The summed E-state index contributed by atoms with van der Waals surface area (Å²) in [5.74, 6) is 1.71. The summed E-state index contributed by atoms with van der Waals surface area (Å²) in [7, 11) is 6.22. The number of hydrazone groups is 1. The molecule has 2 heterocycles. The second-order valence-corrected chi connectivity index (χ2v) is 9.68. The van der Waals surface area contributed by atoms with Gasteiger partial charge in [0.25, 0.3) is 0 Å². The van der Waals surface area contributed by atoms with Gasteiger partial charge in [0.2, 0.25) is 10.9 Å². The average Bonchev–Trinajstić information content (AvgIpc) is 3.56. The van der Waals surface area contributed by atoms with E-state index in [4.69, 9.17) is 18.9 Å². The van der Waals surface area contributed by atoms with E-state index >= 15 is 0 Å². The third kappa shape index (κ3) is 4.78. The lowest BCUT2D eigenvalue weighted by atomic mass is 10.2. The van der Waals surface area contributed by atoms with Gasteiger partial charge >= 0.3 is 5.91 Å². The Kier molecular flexibility index (Phi) is 6.89. The fourth-order valence-electron chi connectivity index (χ4n) is 3.65. The average molecular weight is 535 g/mol. The Balaban J connectivity index is 1.59. The number of ether oxygens (including phenoxy) is 4. The van der Waals surface area contributed by atoms with Gasteiger partial charge in [-0.25, -0.2) is 9.97 Å². The number of hydrogen-bond donors (Lipinski definition) is 0. The van der Waals surface area contributed by atoms with E-state index in [0.717, 1.165) is 20.4 Å². The maximum Gasteiger partial charge on any atom is 0.309 e. The number of benzene rings is 3. The van der Waals surface area contributed by atoms with Crippen LogP contribution in [0.3, 0.4) is 0 Å². The Labute approximate surface area is 220 Å². The molecule has 0 N–H and O–H groups in total. The number of hydrogen-bond acceptors (Lipinski definition) is 10. The van der Waals surface area contributed by atoms with Crippen LogP contribution in [0, 0.1) is 0 Å². The third-order valence-electron chi connectivity index (χ3n) is 5.44. The molecule has 2 aromatic heterocycles. The molecule has 3 aromatic carbocycles. The second-order valence-electron chi connectivity index (χ2n) is 7.64. The highest BCUT2D eigenvalue weighted by Crippen LogP contribution is 2.38. The number of nitrogens with zero attached hydrogens (tertiary/aromatic N) is 4. The molecule has 0 saturated carbocycles. The number of carbonyl (C=O) groups is 1. The van der Waals surface area contributed by atoms with Crippen LogP contribution in [0.15, 0.2) is 59.7 Å². The smallest absolute Gasteiger partial charge is 0.309 e. The van der Waals surface area contributed by atoms with Crippen LogP contribution in [0.1, 0.15) is 15.4 Å². The zero-order valence-electron chi connectivity index (χ0n) is 20.4. The molecule has 0 atom stereocenters. The van der Waals surface area contributed by atoms with Crippen LogP contribution in [-0.2, 0) is 0 Å². The predicted molar refractivity (Wildman–Crippen MR) is 146 cm³/mol. The van der Waals surface area contributed by atoms with E-state index in [9.17, 15) is 4.79 Å². The summed E-state index contributed by atoms with van der Waals surface area (Å²) in [4.78, 5) is 22.9. The molecule has 0 aliphatic heterocycles. The first-order valence-corrected chi connectivity index (χ1v) is 12.7. The molecule has 0 unspecified atom stereocenters. The molecule has 0 bridgehead atoms. The van der Waals surface area contributed by atoms with Gasteiger partial charge in [0, 0.05) is 5.56 Å². The second kappa shape index (κ2) is 10.4. The minimum atomic E-state index is -0.393. The molecule has 5 rings (SSSR count). The van der Waals surface area contributed by atoms with Gasteiger partial charge in [-0.1, -0.05) is 23.5 Å². The van der Waals surface area contributed by atoms with Crippen LogP contribution in [-0.4, -0.2) is 50.5 Å². The summed E-state index contributed by atoms with van der Waals surface area (Å²) in [6.45, 7) is 0. The number of aromatic nitrogens is 2. The van der Waals surface area contributed by atoms with Gasteiger partial charge in [0.15, 0.2) is 16.5 Å². The first-order valence-electron chi connectivity index (χ1n) is 11.0. The lowest BCUT2D eigenvalue weighted by molar-refractivity contribution is 0.0987. The van der Waals surface area contributed by atoms with Crippen molar-refractivity contribution in [1.82, 2.24) is 9.97 Å². The summed E-state index contributed by atoms with van der Waals surface area (Å²) < 4.78 is 23.4. The topological polar surface area (TPSA) is 95.4 Å². The van der Waals surface area contributed by atoms with E-state index < -0.39 is 5.91 Å². The van der Waals surface area contributed by atoms with Crippen molar-refractivity contribution in [3.05, 3.63) is 65.2 Å². The molecule has 0 aliphatic carbocycles. The summed E-state index contributed by atoms with van der Waals surface area (Å²) in [6, 6.07) is 16.6. The number of thiazole rings is 2. The zero-order chi connectivity index (χ0) is 25.9. The Morgan fingerprint density at radius 3 is 2.24 bits per heavy atom. The van der Waals surface area contributed by atoms with Crippen molar-refractivity contribution in [3.63, 3.8) is 0 Å². The van der Waals surface area contributed by atoms with Crippen LogP contribution in [0.25, 0.3) is 20.4 Å². The Bertz CT molecular complexity index is 1570. The number of amides is 1. The summed E-state index contributed by atoms with van der Waals surface area (Å²) >= 11 is 2.63. The summed E-state index contributed by atoms with van der Waals surface area (Å²) in [5.41, 5.74) is 2.11. The van der Waals surface area contributed by atoms with Gasteiger partial charge < -0.3 is 18.9 Å². The predicted octanol–water partition coefficient (Wildman–Crippen LogP) is 5.62. The third-order valence-corrected chi connectivity index (χ3v) is 7.46. The van der Waals surface area contributed by atoms with Gasteiger partial charge in [0.05, 0.1) is 55.1 Å². The van der Waals surface area contributed by atoms with Gasteiger partial charge in [-0.15, -0.1) is 11.3 Å². The molecule has 5 aromatic rings. The molecule has 0 saturated heterocycles. The fourth-order valence-corrected chi connectivity index (χ4v) is 5.50. The lowest BCUT2D eigenvalue weighted by Gasteiger charge is -2.14. The SMILES string of the molecule is COc1ccc2nc(N(/N=C/c3cc(OC)c(OC)c(OC)c3)C(=O)c3nc4ccccc4s3)sc2c1. The maximum atomic E-state index is 13.7. The van der Waals surface area contributed by atoms with Gasteiger partial charge in [-0.2, -0.15) is 10.1 Å². The molecule has 0 fully saturated rings. The van der Waals surface area contributed by atoms with Crippen molar-refractivity contribution in [2.24, 2.45) is 5.10 Å². The highest BCUT2D eigenvalue weighted by Gasteiger charge is 2.24. The number of fused-ring (bicyclic) bond motifs is 2. The summed E-state index contributed by atoms with van der Waals surface area (Å²) in [6.07, 6.45) is 1.54.